The molecule has 6 heteroatoms. The topological polar surface area (TPSA) is 77.2 Å². The standard InChI is InChI=1S/C20H21N3O3/c24-13-15-10-17(8-9-21-15)25-16-6-7-18-19(11-16)26-20(23-18)22-12-14-4-2-1-3-5-14/h6-11,13-14H,1-5,12H2,(H,22,23). The first-order valence-electron chi connectivity index (χ1n) is 9.04. The molecule has 0 bridgehead atoms. The second kappa shape index (κ2) is 7.56. The summed E-state index contributed by atoms with van der Waals surface area (Å²) < 4.78 is 11.6. The summed E-state index contributed by atoms with van der Waals surface area (Å²) in [4.78, 5) is 19.2. The highest BCUT2D eigenvalue weighted by atomic mass is 16.5. The predicted octanol–water partition coefficient (Wildman–Crippen LogP) is 4.82. The molecular weight excluding hydrogens is 330 g/mol. The first kappa shape index (κ1) is 16.6. The highest BCUT2D eigenvalue weighted by Crippen LogP contribution is 2.28. The minimum Gasteiger partial charge on any atom is -0.457 e. The van der Waals surface area contributed by atoms with Gasteiger partial charge in [-0.1, -0.05) is 19.3 Å². The third-order valence-corrected chi connectivity index (χ3v) is 4.74. The van der Waals surface area contributed by atoms with Gasteiger partial charge in [-0.3, -0.25) is 9.78 Å². The molecule has 0 spiro atoms. The third kappa shape index (κ3) is 3.85. The lowest BCUT2D eigenvalue weighted by molar-refractivity contribution is 0.111. The first-order chi connectivity index (χ1) is 12.8. The van der Waals surface area contributed by atoms with E-state index >= 15 is 0 Å². The molecule has 0 saturated heterocycles. The van der Waals surface area contributed by atoms with Crippen molar-refractivity contribution in [2.24, 2.45) is 5.92 Å². The van der Waals surface area contributed by atoms with Crippen molar-refractivity contribution in [1.29, 1.82) is 0 Å². The van der Waals surface area contributed by atoms with Crippen LogP contribution in [0.4, 0.5) is 6.01 Å². The molecule has 0 radical (unpaired) electrons. The van der Waals surface area contributed by atoms with Crippen molar-refractivity contribution in [1.82, 2.24) is 9.97 Å². The number of aldehydes is 1. The maximum absolute atomic E-state index is 10.8. The van der Waals surface area contributed by atoms with Crippen molar-refractivity contribution in [2.45, 2.75) is 32.1 Å². The SMILES string of the molecule is O=Cc1cc(Oc2ccc3nc(NCC4CCCCC4)oc3c2)ccn1. The highest BCUT2D eigenvalue weighted by molar-refractivity contribution is 5.76. The van der Waals surface area contributed by atoms with Gasteiger partial charge in [0.1, 0.15) is 22.7 Å². The molecular formula is C20H21N3O3. The lowest BCUT2D eigenvalue weighted by Crippen LogP contribution is -2.17. The number of pyridine rings is 1. The van der Waals surface area contributed by atoms with Crippen molar-refractivity contribution in [3.8, 4) is 11.5 Å². The molecule has 2 aromatic heterocycles. The van der Waals surface area contributed by atoms with E-state index in [0.717, 1.165) is 12.1 Å². The van der Waals surface area contributed by atoms with Gasteiger partial charge in [0.25, 0.3) is 6.01 Å². The van der Waals surface area contributed by atoms with Crippen LogP contribution in [0.25, 0.3) is 11.1 Å². The zero-order valence-electron chi connectivity index (χ0n) is 14.5. The monoisotopic (exact) mass is 351 g/mol. The van der Waals surface area contributed by atoms with Gasteiger partial charge < -0.3 is 14.5 Å². The Hall–Kier alpha value is -2.89. The molecule has 3 aromatic rings. The van der Waals surface area contributed by atoms with Crippen molar-refractivity contribution >= 4 is 23.4 Å². The van der Waals surface area contributed by atoms with Gasteiger partial charge in [0, 0.05) is 24.9 Å². The van der Waals surface area contributed by atoms with Crippen LogP contribution >= 0.6 is 0 Å². The van der Waals surface area contributed by atoms with Crippen LogP contribution in [0.5, 0.6) is 11.5 Å². The second-order valence-corrected chi connectivity index (χ2v) is 6.67. The zero-order valence-corrected chi connectivity index (χ0v) is 14.5. The van der Waals surface area contributed by atoms with Gasteiger partial charge in [-0.05, 0) is 37.0 Å². The van der Waals surface area contributed by atoms with Crippen LogP contribution in [0, 0.1) is 5.92 Å². The number of anilines is 1. The maximum Gasteiger partial charge on any atom is 0.295 e. The van der Waals surface area contributed by atoms with Crippen molar-refractivity contribution in [3.63, 3.8) is 0 Å². The molecule has 0 amide bonds. The van der Waals surface area contributed by atoms with Crippen molar-refractivity contribution < 1.29 is 13.9 Å². The Morgan fingerprint density at radius 2 is 2.00 bits per heavy atom. The minimum atomic E-state index is 0.331. The average molecular weight is 351 g/mol. The van der Waals surface area contributed by atoms with E-state index < -0.39 is 0 Å². The lowest BCUT2D eigenvalue weighted by atomic mass is 9.89. The molecule has 0 atom stereocenters. The number of fused-ring (bicyclic) bond motifs is 1. The molecule has 26 heavy (non-hydrogen) atoms. The second-order valence-electron chi connectivity index (χ2n) is 6.67. The van der Waals surface area contributed by atoms with E-state index in [4.69, 9.17) is 9.15 Å². The Kier molecular flexibility index (Phi) is 4.82. The number of aromatic nitrogens is 2. The Balaban J connectivity index is 1.45. The summed E-state index contributed by atoms with van der Waals surface area (Å²) in [5.41, 5.74) is 1.78. The van der Waals surface area contributed by atoms with Crippen LogP contribution in [0.15, 0.2) is 40.9 Å². The van der Waals surface area contributed by atoms with Gasteiger partial charge in [0.05, 0.1) is 0 Å². The number of hydrogen-bond donors (Lipinski definition) is 1. The molecule has 6 nitrogen and oxygen atoms in total. The molecule has 1 aromatic carbocycles. The van der Waals surface area contributed by atoms with Crippen LogP contribution in [0.2, 0.25) is 0 Å². The molecule has 134 valence electrons. The number of carbonyl (C=O) groups excluding carboxylic acids is 1. The molecule has 0 unspecified atom stereocenters. The normalized spacial score (nSPS) is 15.1. The van der Waals surface area contributed by atoms with E-state index in [9.17, 15) is 4.79 Å². The van der Waals surface area contributed by atoms with Crippen LogP contribution in [0.1, 0.15) is 42.6 Å². The summed E-state index contributed by atoms with van der Waals surface area (Å²) in [5, 5.41) is 3.32. The van der Waals surface area contributed by atoms with Gasteiger partial charge >= 0.3 is 0 Å². The van der Waals surface area contributed by atoms with E-state index in [2.05, 4.69) is 15.3 Å². The number of carbonyl (C=O) groups is 1. The molecule has 1 aliphatic rings. The molecule has 4 rings (SSSR count). The maximum atomic E-state index is 10.8. The summed E-state index contributed by atoms with van der Waals surface area (Å²) in [6, 6.07) is 9.34. The van der Waals surface area contributed by atoms with E-state index in [-0.39, 0.29) is 0 Å². The predicted molar refractivity (Wildman–Crippen MR) is 98.8 cm³/mol. The lowest BCUT2D eigenvalue weighted by Gasteiger charge is -2.21. The fourth-order valence-electron chi connectivity index (χ4n) is 3.36. The molecule has 1 aliphatic carbocycles. The largest absolute Gasteiger partial charge is 0.457 e. The van der Waals surface area contributed by atoms with E-state index in [0.29, 0.717) is 41.0 Å². The van der Waals surface area contributed by atoms with E-state index in [1.807, 2.05) is 12.1 Å². The van der Waals surface area contributed by atoms with Crippen molar-refractivity contribution in [2.75, 3.05) is 11.9 Å². The molecule has 1 N–H and O–H groups in total. The molecule has 1 saturated carbocycles. The highest BCUT2D eigenvalue weighted by Gasteiger charge is 2.14. The average Bonchev–Trinajstić information content (AvgIpc) is 3.09. The number of nitrogens with zero attached hydrogens (tertiary/aromatic N) is 2. The molecule has 0 aliphatic heterocycles. The van der Waals surface area contributed by atoms with Gasteiger partial charge in [-0.15, -0.1) is 0 Å². The Bertz CT molecular complexity index is 900. The van der Waals surface area contributed by atoms with Gasteiger partial charge in [-0.2, -0.15) is 4.98 Å². The number of ether oxygens (including phenoxy) is 1. The quantitative estimate of drug-likeness (QED) is 0.642. The number of benzene rings is 1. The smallest absolute Gasteiger partial charge is 0.295 e. The van der Waals surface area contributed by atoms with Gasteiger partial charge in [0.15, 0.2) is 11.9 Å². The third-order valence-electron chi connectivity index (χ3n) is 4.74. The Morgan fingerprint density at radius 1 is 1.15 bits per heavy atom. The van der Waals surface area contributed by atoms with Gasteiger partial charge in [-0.25, -0.2) is 0 Å². The van der Waals surface area contributed by atoms with Gasteiger partial charge in [0.2, 0.25) is 0 Å². The first-order valence-corrected chi connectivity index (χ1v) is 9.04. The van der Waals surface area contributed by atoms with Crippen LogP contribution in [-0.2, 0) is 0 Å². The van der Waals surface area contributed by atoms with E-state index in [1.54, 1.807) is 24.4 Å². The zero-order chi connectivity index (χ0) is 17.8. The van der Waals surface area contributed by atoms with Crippen LogP contribution in [-0.4, -0.2) is 22.8 Å². The van der Waals surface area contributed by atoms with Crippen LogP contribution < -0.4 is 10.1 Å². The van der Waals surface area contributed by atoms with Crippen LogP contribution in [0.3, 0.4) is 0 Å². The number of oxazole rings is 1. The fourth-order valence-corrected chi connectivity index (χ4v) is 3.36. The fraction of sp³-hybridized carbons (Fsp3) is 0.350. The number of rotatable bonds is 6. The summed E-state index contributed by atoms with van der Waals surface area (Å²) in [6.45, 7) is 0.904. The number of nitrogens with one attached hydrogen (secondary N) is 1. The Labute approximate surface area is 151 Å². The summed E-state index contributed by atoms with van der Waals surface area (Å²) >= 11 is 0. The Morgan fingerprint density at radius 3 is 2.85 bits per heavy atom. The summed E-state index contributed by atoms with van der Waals surface area (Å²) in [7, 11) is 0. The van der Waals surface area contributed by atoms with Crippen molar-refractivity contribution in [3.05, 3.63) is 42.2 Å². The number of hydrogen-bond acceptors (Lipinski definition) is 6. The molecule has 2 heterocycles. The summed E-state index contributed by atoms with van der Waals surface area (Å²) in [5.74, 6) is 1.88. The van der Waals surface area contributed by atoms with E-state index in [1.165, 1.54) is 32.1 Å². The summed E-state index contributed by atoms with van der Waals surface area (Å²) in [6.07, 6.45) is 8.78. The molecule has 1 fully saturated rings. The minimum absolute atomic E-state index is 0.331.